The predicted molar refractivity (Wildman–Crippen MR) is 216 cm³/mol. The van der Waals surface area contributed by atoms with Gasteiger partial charge in [-0.1, -0.05) is 73.9 Å². The molecule has 4 nitrogen and oxygen atoms in total. The summed E-state index contributed by atoms with van der Waals surface area (Å²) in [4.78, 5) is 0. The van der Waals surface area contributed by atoms with Gasteiger partial charge in [-0.3, -0.25) is 0 Å². The highest BCUT2D eigenvalue weighted by Gasteiger charge is 2.54. The van der Waals surface area contributed by atoms with Gasteiger partial charge in [-0.05, 0) is 145 Å². The molecule has 1 aliphatic heterocycles. The summed E-state index contributed by atoms with van der Waals surface area (Å²) in [7, 11) is 5.33. The van der Waals surface area contributed by atoms with Gasteiger partial charge >= 0.3 is 0 Å². The van der Waals surface area contributed by atoms with Gasteiger partial charge in [0.2, 0.25) is 0 Å². The van der Waals surface area contributed by atoms with Crippen molar-refractivity contribution in [3.63, 3.8) is 0 Å². The second-order valence-corrected chi connectivity index (χ2v) is 17.6. The van der Waals surface area contributed by atoms with Crippen LogP contribution in [0.5, 0.6) is 23.0 Å². The summed E-state index contributed by atoms with van der Waals surface area (Å²) >= 11 is 0. The normalized spacial score (nSPS) is 26.2. The van der Waals surface area contributed by atoms with Gasteiger partial charge in [0, 0.05) is 33.1 Å². The Labute approximate surface area is 319 Å². The smallest absolute Gasteiger partial charge is 0.178 e. The van der Waals surface area contributed by atoms with Crippen molar-refractivity contribution in [1.29, 1.82) is 0 Å². The maximum atomic E-state index is 7.77. The number of fused-ring (bicyclic) bond motifs is 10. The van der Waals surface area contributed by atoms with Gasteiger partial charge in [-0.25, -0.2) is 0 Å². The van der Waals surface area contributed by atoms with E-state index in [-0.39, 0.29) is 10.8 Å². The zero-order valence-electron chi connectivity index (χ0n) is 31.9. The van der Waals surface area contributed by atoms with Gasteiger partial charge in [0.25, 0.3) is 0 Å². The second kappa shape index (κ2) is 11.9. The Morgan fingerprint density at radius 1 is 0.630 bits per heavy atom. The molecule has 5 aromatic carbocycles. The van der Waals surface area contributed by atoms with E-state index in [0.717, 1.165) is 57.3 Å². The van der Waals surface area contributed by atoms with E-state index in [1.807, 2.05) is 31.4 Å². The van der Waals surface area contributed by atoms with Crippen molar-refractivity contribution in [1.82, 2.24) is 0 Å². The van der Waals surface area contributed by atoms with Crippen molar-refractivity contribution in [3.8, 4) is 34.1 Å². The molecule has 1 spiro atoms. The van der Waals surface area contributed by atoms with Crippen LogP contribution in [-0.4, -0.2) is 21.3 Å². The maximum Gasteiger partial charge on any atom is 0.178 e. The van der Waals surface area contributed by atoms with Crippen LogP contribution in [0.25, 0.3) is 28.0 Å². The zero-order chi connectivity index (χ0) is 36.2. The van der Waals surface area contributed by atoms with Crippen molar-refractivity contribution >= 4 is 16.8 Å². The third-order valence-electron chi connectivity index (χ3n) is 14.9. The van der Waals surface area contributed by atoms with Crippen LogP contribution >= 0.6 is 0 Å². The molecule has 5 fully saturated rings. The van der Waals surface area contributed by atoms with E-state index in [2.05, 4.69) is 72.8 Å². The minimum absolute atomic E-state index is 0.0306. The lowest BCUT2D eigenvalue weighted by Crippen LogP contribution is -2.48. The van der Waals surface area contributed by atoms with Crippen LogP contribution < -0.4 is 18.9 Å². The van der Waals surface area contributed by atoms with E-state index in [4.69, 9.17) is 18.9 Å². The molecular weight excluding hydrogens is 665 g/mol. The fraction of sp³-hybridized carbons (Fsp3) is 0.400. The largest absolute Gasteiger partial charge is 0.497 e. The van der Waals surface area contributed by atoms with Crippen LogP contribution in [0.3, 0.4) is 0 Å². The predicted octanol–water partition coefficient (Wildman–Crippen LogP) is 11.9. The summed E-state index contributed by atoms with van der Waals surface area (Å²) in [6.07, 6.45) is 19.0. The van der Waals surface area contributed by atoms with Crippen molar-refractivity contribution in [2.45, 2.75) is 87.1 Å². The molecule has 274 valence electrons. The number of ether oxygens (including phenoxy) is 4. The third-order valence-corrected chi connectivity index (χ3v) is 14.9. The monoisotopic (exact) mass is 714 g/mol. The molecule has 54 heavy (non-hydrogen) atoms. The molecule has 7 aliphatic rings. The fourth-order valence-electron chi connectivity index (χ4n) is 13.0. The highest BCUT2D eigenvalue weighted by Crippen LogP contribution is 2.65. The average molecular weight is 715 g/mol. The minimum Gasteiger partial charge on any atom is -0.497 e. The first-order valence-electron chi connectivity index (χ1n) is 20.5. The maximum absolute atomic E-state index is 7.77. The van der Waals surface area contributed by atoms with Crippen LogP contribution in [0, 0.1) is 17.8 Å². The van der Waals surface area contributed by atoms with Crippen molar-refractivity contribution in [2.24, 2.45) is 17.8 Å². The lowest BCUT2D eigenvalue weighted by molar-refractivity contribution is -0.00609. The molecule has 0 atom stereocenters. The first-order valence-corrected chi connectivity index (χ1v) is 20.5. The van der Waals surface area contributed by atoms with E-state index in [0.29, 0.717) is 0 Å². The lowest BCUT2D eigenvalue weighted by atomic mass is 9.48. The Kier molecular flexibility index (Phi) is 7.21. The van der Waals surface area contributed by atoms with Crippen LogP contribution in [-0.2, 0) is 16.4 Å². The van der Waals surface area contributed by atoms with E-state index in [9.17, 15) is 0 Å². The van der Waals surface area contributed by atoms with Gasteiger partial charge in [-0.2, -0.15) is 0 Å². The molecule has 5 saturated carbocycles. The highest BCUT2D eigenvalue weighted by molar-refractivity contribution is 6.09. The summed E-state index contributed by atoms with van der Waals surface area (Å²) in [5.74, 6) is 6.19. The van der Waals surface area contributed by atoms with Gasteiger partial charge in [0.05, 0.1) is 21.3 Å². The number of methoxy groups -OCH3 is 3. The van der Waals surface area contributed by atoms with E-state index >= 15 is 0 Å². The van der Waals surface area contributed by atoms with Crippen LogP contribution in [0.2, 0.25) is 0 Å². The Morgan fingerprint density at radius 3 is 1.83 bits per heavy atom. The molecule has 0 aromatic heterocycles. The molecule has 4 heteroatoms. The molecule has 4 bridgehead atoms. The van der Waals surface area contributed by atoms with Gasteiger partial charge in [0.1, 0.15) is 23.0 Å². The summed E-state index contributed by atoms with van der Waals surface area (Å²) in [6, 6.07) is 31.1. The Morgan fingerprint density at radius 2 is 1.24 bits per heavy atom. The third kappa shape index (κ3) is 4.49. The SMILES string of the molecule is COc1ccc(C2(c3ccc(OC)cc3)C=Cc3c4c(c5cc(C67CC8CC(CC(C8)C6)C7)c(OC)cc5c3O2)-c2ccccc2C42CCCCC2)cc1. The molecule has 0 radical (unpaired) electrons. The molecule has 5 aromatic rings. The van der Waals surface area contributed by atoms with Crippen LogP contribution in [0.4, 0.5) is 0 Å². The molecular formula is C50H50O4. The van der Waals surface area contributed by atoms with E-state index in [1.54, 1.807) is 14.2 Å². The fourth-order valence-corrected chi connectivity index (χ4v) is 13.0. The first-order chi connectivity index (χ1) is 26.5. The van der Waals surface area contributed by atoms with Crippen molar-refractivity contribution < 1.29 is 18.9 Å². The van der Waals surface area contributed by atoms with Gasteiger partial charge < -0.3 is 18.9 Å². The van der Waals surface area contributed by atoms with E-state index < -0.39 is 5.60 Å². The molecule has 0 N–H and O–H groups in total. The summed E-state index contributed by atoms with van der Waals surface area (Å²) in [5.41, 5.74) is 9.92. The topological polar surface area (TPSA) is 36.9 Å². The molecule has 6 aliphatic carbocycles. The second-order valence-electron chi connectivity index (χ2n) is 17.6. The van der Waals surface area contributed by atoms with Crippen LogP contribution in [0.15, 0.2) is 91.0 Å². The molecule has 0 saturated heterocycles. The van der Waals surface area contributed by atoms with Crippen molar-refractivity contribution in [3.05, 3.63) is 124 Å². The molecule has 12 rings (SSSR count). The summed E-state index contributed by atoms with van der Waals surface area (Å²) in [6.45, 7) is 0. The van der Waals surface area contributed by atoms with Gasteiger partial charge in [-0.15, -0.1) is 0 Å². The number of benzene rings is 5. The highest BCUT2D eigenvalue weighted by atomic mass is 16.5. The Bertz CT molecular complexity index is 2240. The van der Waals surface area contributed by atoms with Crippen molar-refractivity contribution in [2.75, 3.05) is 21.3 Å². The molecule has 0 unspecified atom stereocenters. The Hall–Kier alpha value is -4.70. The first kappa shape index (κ1) is 32.7. The number of hydrogen-bond acceptors (Lipinski definition) is 4. The Balaban J connectivity index is 1.21. The summed E-state index contributed by atoms with van der Waals surface area (Å²) in [5, 5.41) is 2.48. The molecule has 0 amide bonds. The van der Waals surface area contributed by atoms with Gasteiger partial charge in [0.15, 0.2) is 5.60 Å². The van der Waals surface area contributed by atoms with E-state index in [1.165, 1.54) is 109 Å². The zero-order valence-corrected chi connectivity index (χ0v) is 31.9. The van der Waals surface area contributed by atoms with Crippen LogP contribution in [0.1, 0.15) is 104 Å². The number of rotatable bonds is 6. The summed E-state index contributed by atoms with van der Waals surface area (Å²) < 4.78 is 25.5. The minimum atomic E-state index is -0.871. The lowest BCUT2D eigenvalue weighted by Gasteiger charge is -2.57. The standard InChI is InChI=1S/C50H50O4/c1-51-36-15-11-34(12-16-36)50(35-13-17-37(52-2)18-14-35)22-19-39-46-45(38-9-5-6-10-42(38)49(46)20-7-4-8-21-49)40-26-43(44(53-3)27-41(40)47(39)54-50)48-28-31-23-32(29-48)25-33(24-31)30-48/h5-6,9-19,22,26-27,31-33H,4,7-8,20-21,23-25,28-30H2,1-3H3. The average Bonchev–Trinajstić information content (AvgIpc) is 3.49. The number of hydrogen-bond donors (Lipinski definition) is 0. The molecule has 1 heterocycles. The quantitative estimate of drug-likeness (QED) is 0.175.